The third-order valence-electron chi connectivity index (χ3n) is 1.64. The van der Waals surface area contributed by atoms with E-state index in [0.717, 1.165) is 6.42 Å². The number of unbranched alkanes of at least 4 members (excludes halogenated alkanes) is 4. The third-order valence-corrected chi connectivity index (χ3v) is 1.64. The Hall–Kier alpha value is -1.03. The van der Waals surface area contributed by atoms with Crippen LogP contribution in [0.25, 0.3) is 0 Å². The second-order valence-corrected chi connectivity index (χ2v) is 2.77. The summed E-state index contributed by atoms with van der Waals surface area (Å²) in [5.41, 5.74) is 0. The van der Waals surface area contributed by atoms with E-state index in [1.807, 2.05) is 12.1 Å². The highest BCUT2D eigenvalue weighted by Gasteiger charge is 1.82. The summed E-state index contributed by atoms with van der Waals surface area (Å²) < 4.78 is 0. The normalized spacial score (nSPS) is 11.0. The van der Waals surface area contributed by atoms with Gasteiger partial charge >= 0.3 is 0 Å². The summed E-state index contributed by atoms with van der Waals surface area (Å²) in [4.78, 5) is 0. The quantitative estimate of drug-likeness (QED) is 0.333. The summed E-state index contributed by atoms with van der Waals surface area (Å²) in [6.45, 7) is 2.21. The molecule has 0 amide bonds. The lowest BCUT2D eigenvalue weighted by Gasteiger charge is -1.92. The van der Waals surface area contributed by atoms with Crippen molar-refractivity contribution in [2.75, 3.05) is 0 Å². The van der Waals surface area contributed by atoms with Gasteiger partial charge < -0.3 is 0 Å². The van der Waals surface area contributed by atoms with Crippen molar-refractivity contribution in [2.24, 2.45) is 0 Å². The molecule has 0 aliphatic carbocycles. The summed E-state index contributed by atoms with van der Waals surface area (Å²) in [6, 6.07) is 1.95. The molecule has 66 valence electrons. The minimum absolute atomic E-state index is 1.13. The molecule has 0 spiro atoms. The second-order valence-electron chi connectivity index (χ2n) is 2.77. The summed E-state index contributed by atoms with van der Waals surface area (Å²) in [6.07, 6.45) is 13.7. The van der Waals surface area contributed by atoms with Gasteiger partial charge in [-0.05, 0) is 12.8 Å². The van der Waals surface area contributed by atoms with Gasteiger partial charge in [-0.15, -0.1) is 0 Å². The number of allylic oxidation sites excluding steroid dienone is 4. The van der Waals surface area contributed by atoms with Crippen LogP contribution in [0.15, 0.2) is 24.3 Å². The zero-order valence-electron chi connectivity index (χ0n) is 7.79. The van der Waals surface area contributed by atoms with Crippen LogP contribution in [0.1, 0.15) is 39.0 Å². The Labute approximate surface area is 75.4 Å². The summed E-state index contributed by atoms with van der Waals surface area (Å²) >= 11 is 0. The molecule has 0 radical (unpaired) electrons. The highest BCUT2D eigenvalue weighted by molar-refractivity contribution is 5.11. The molecule has 0 saturated heterocycles. The Morgan fingerprint density at radius 2 is 2.00 bits per heavy atom. The van der Waals surface area contributed by atoms with Crippen LogP contribution < -0.4 is 0 Å². The lowest BCUT2D eigenvalue weighted by Crippen LogP contribution is -1.72. The highest BCUT2D eigenvalue weighted by atomic mass is 14.2. The molecule has 0 bridgehead atoms. The van der Waals surface area contributed by atoms with Crippen LogP contribution in [0.5, 0.6) is 0 Å². The lowest BCUT2D eigenvalue weighted by molar-refractivity contribution is 0.674. The molecular formula is C11H17N. The van der Waals surface area contributed by atoms with Gasteiger partial charge in [-0.3, -0.25) is 0 Å². The smallest absolute Gasteiger partial charge is 0.0912 e. The summed E-state index contributed by atoms with van der Waals surface area (Å²) in [5, 5.41) is 8.17. The van der Waals surface area contributed by atoms with Crippen LogP contribution in [-0.2, 0) is 0 Å². The monoisotopic (exact) mass is 163 g/mol. The van der Waals surface area contributed by atoms with E-state index in [0.29, 0.717) is 0 Å². The van der Waals surface area contributed by atoms with Crippen molar-refractivity contribution in [3.8, 4) is 6.07 Å². The van der Waals surface area contributed by atoms with Crippen LogP contribution in [0.4, 0.5) is 0 Å². The van der Waals surface area contributed by atoms with E-state index < -0.39 is 0 Å². The molecule has 12 heavy (non-hydrogen) atoms. The fourth-order valence-corrected chi connectivity index (χ4v) is 0.962. The topological polar surface area (TPSA) is 23.8 Å². The maximum atomic E-state index is 8.17. The van der Waals surface area contributed by atoms with Gasteiger partial charge in [0.25, 0.3) is 0 Å². The second kappa shape index (κ2) is 9.97. The molecule has 1 heteroatoms. The van der Waals surface area contributed by atoms with E-state index in [2.05, 4.69) is 13.0 Å². The number of hydrogen-bond donors (Lipinski definition) is 0. The number of hydrogen-bond acceptors (Lipinski definition) is 1. The van der Waals surface area contributed by atoms with Gasteiger partial charge in [0, 0.05) is 6.08 Å². The first kappa shape index (κ1) is 11.0. The van der Waals surface area contributed by atoms with Crippen molar-refractivity contribution in [3.63, 3.8) is 0 Å². The van der Waals surface area contributed by atoms with E-state index in [1.165, 1.54) is 31.8 Å². The van der Waals surface area contributed by atoms with Crippen molar-refractivity contribution in [3.05, 3.63) is 24.3 Å². The van der Waals surface area contributed by atoms with Gasteiger partial charge in [0.2, 0.25) is 0 Å². The molecule has 0 rings (SSSR count). The summed E-state index contributed by atoms with van der Waals surface area (Å²) in [7, 11) is 0. The molecule has 0 atom stereocenters. The van der Waals surface area contributed by atoms with Crippen molar-refractivity contribution < 1.29 is 0 Å². The zero-order valence-corrected chi connectivity index (χ0v) is 7.79. The predicted molar refractivity (Wildman–Crippen MR) is 52.7 cm³/mol. The number of nitriles is 1. The Morgan fingerprint density at radius 3 is 2.67 bits per heavy atom. The van der Waals surface area contributed by atoms with Crippen LogP contribution >= 0.6 is 0 Å². The third kappa shape index (κ3) is 8.97. The molecule has 0 aliphatic heterocycles. The number of nitrogens with zero attached hydrogens (tertiary/aromatic N) is 1. The Kier molecular flexibility index (Phi) is 9.11. The fourth-order valence-electron chi connectivity index (χ4n) is 0.962. The van der Waals surface area contributed by atoms with Crippen LogP contribution in [-0.4, -0.2) is 0 Å². The van der Waals surface area contributed by atoms with Gasteiger partial charge in [-0.2, -0.15) is 5.26 Å². The molecule has 0 N–H and O–H groups in total. The van der Waals surface area contributed by atoms with Crippen molar-refractivity contribution in [2.45, 2.75) is 39.0 Å². The largest absolute Gasteiger partial charge is 0.193 e. The maximum Gasteiger partial charge on any atom is 0.0912 e. The van der Waals surface area contributed by atoms with E-state index in [1.54, 1.807) is 6.08 Å². The average Bonchev–Trinajstić information content (AvgIpc) is 2.10. The van der Waals surface area contributed by atoms with Gasteiger partial charge in [0.15, 0.2) is 0 Å². The molecule has 1 nitrogen and oxygen atoms in total. The first-order valence-electron chi connectivity index (χ1n) is 4.63. The average molecular weight is 163 g/mol. The minimum atomic E-state index is 1.13. The molecule has 0 aromatic heterocycles. The zero-order chi connectivity index (χ0) is 9.07. The fraction of sp³-hybridized carbons (Fsp3) is 0.545. The van der Waals surface area contributed by atoms with E-state index >= 15 is 0 Å². The predicted octanol–water partition coefficient (Wildman–Crippen LogP) is 3.59. The van der Waals surface area contributed by atoms with Crippen molar-refractivity contribution in [1.29, 1.82) is 5.26 Å². The first-order chi connectivity index (χ1) is 5.91. The Bertz CT molecular complexity index is 172. The Balaban J connectivity index is 3.14. The van der Waals surface area contributed by atoms with Gasteiger partial charge in [0.1, 0.15) is 0 Å². The van der Waals surface area contributed by atoms with Crippen molar-refractivity contribution >= 4 is 0 Å². The lowest BCUT2D eigenvalue weighted by atomic mass is 10.1. The first-order valence-corrected chi connectivity index (χ1v) is 4.63. The molecule has 0 fully saturated rings. The van der Waals surface area contributed by atoms with E-state index in [4.69, 9.17) is 5.26 Å². The highest BCUT2D eigenvalue weighted by Crippen LogP contribution is 2.02. The van der Waals surface area contributed by atoms with E-state index in [-0.39, 0.29) is 0 Å². The van der Waals surface area contributed by atoms with Crippen LogP contribution in [0.3, 0.4) is 0 Å². The SMILES string of the molecule is CCCCCCC=CC=CC#N. The maximum absolute atomic E-state index is 8.17. The minimum Gasteiger partial charge on any atom is -0.193 e. The van der Waals surface area contributed by atoms with Crippen molar-refractivity contribution in [1.82, 2.24) is 0 Å². The molecule has 0 aliphatic rings. The number of rotatable bonds is 6. The molecule has 0 heterocycles. The molecular weight excluding hydrogens is 146 g/mol. The Morgan fingerprint density at radius 1 is 1.17 bits per heavy atom. The van der Waals surface area contributed by atoms with Gasteiger partial charge in [0.05, 0.1) is 6.07 Å². The van der Waals surface area contributed by atoms with Crippen LogP contribution in [0.2, 0.25) is 0 Å². The van der Waals surface area contributed by atoms with E-state index in [9.17, 15) is 0 Å². The molecule has 0 saturated carbocycles. The van der Waals surface area contributed by atoms with Crippen LogP contribution in [0, 0.1) is 11.3 Å². The molecule has 0 unspecified atom stereocenters. The molecule has 0 aromatic carbocycles. The summed E-state index contributed by atoms with van der Waals surface area (Å²) in [5.74, 6) is 0. The molecule has 0 aromatic rings. The standard InChI is InChI=1S/C11H17N/c1-2-3-4-5-6-7-8-9-10-11-12/h7-10H,2-6H2,1H3. The van der Waals surface area contributed by atoms with Gasteiger partial charge in [-0.25, -0.2) is 0 Å². The van der Waals surface area contributed by atoms with Gasteiger partial charge in [-0.1, -0.05) is 44.4 Å².